The van der Waals surface area contributed by atoms with Crippen LogP contribution in [-0.2, 0) is 4.74 Å². The number of hydrogen-bond acceptors (Lipinski definition) is 4. The summed E-state index contributed by atoms with van der Waals surface area (Å²) >= 11 is 1.91. The van der Waals surface area contributed by atoms with Crippen LogP contribution in [-0.4, -0.2) is 53.3 Å². The minimum absolute atomic E-state index is 0.122. The molecule has 1 amide bonds. The van der Waals surface area contributed by atoms with Crippen molar-refractivity contribution in [2.45, 2.75) is 82.7 Å². The Kier molecular flexibility index (Phi) is 6.66. The first kappa shape index (κ1) is 18.9. The molecular weight excluding hydrogens is 308 g/mol. The van der Waals surface area contributed by atoms with E-state index in [9.17, 15) is 4.79 Å². The van der Waals surface area contributed by atoms with Gasteiger partial charge in [-0.05, 0) is 58.6 Å². The van der Waals surface area contributed by atoms with Gasteiger partial charge in [0.2, 0.25) is 0 Å². The average molecular weight is 343 g/mol. The van der Waals surface area contributed by atoms with E-state index in [1.807, 2.05) is 37.4 Å². The van der Waals surface area contributed by atoms with Crippen molar-refractivity contribution in [2.24, 2.45) is 5.92 Å². The van der Waals surface area contributed by atoms with Crippen molar-refractivity contribution in [3.05, 3.63) is 0 Å². The smallest absolute Gasteiger partial charge is 0.410 e. The maximum Gasteiger partial charge on any atom is 0.410 e. The zero-order valence-corrected chi connectivity index (χ0v) is 16.2. The Morgan fingerprint density at radius 1 is 1.30 bits per heavy atom. The Balaban J connectivity index is 1.96. The second kappa shape index (κ2) is 8.11. The summed E-state index contributed by atoms with van der Waals surface area (Å²) in [7, 11) is 0. The van der Waals surface area contributed by atoms with Crippen LogP contribution in [0.5, 0.6) is 0 Å². The molecule has 0 bridgehead atoms. The first-order chi connectivity index (χ1) is 10.8. The molecule has 4 nitrogen and oxygen atoms in total. The average Bonchev–Trinajstić information content (AvgIpc) is 3.10. The van der Waals surface area contributed by atoms with Crippen LogP contribution >= 0.6 is 11.8 Å². The molecule has 4 unspecified atom stereocenters. The molecule has 1 N–H and O–H groups in total. The van der Waals surface area contributed by atoms with E-state index in [2.05, 4.69) is 18.5 Å². The van der Waals surface area contributed by atoms with E-state index < -0.39 is 5.60 Å². The molecule has 134 valence electrons. The number of carbonyl (C=O) groups excluding carboxylic acids is 1. The fourth-order valence-corrected chi connectivity index (χ4v) is 4.15. The molecule has 23 heavy (non-hydrogen) atoms. The second-order valence-electron chi connectivity index (χ2n) is 8.04. The van der Waals surface area contributed by atoms with Crippen LogP contribution in [0.1, 0.15) is 59.8 Å². The van der Waals surface area contributed by atoms with Crippen LogP contribution in [0, 0.1) is 5.92 Å². The molecule has 0 aromatic carbocycles. The lowest BCUT2D eigenvalue weighted by Gasteiger charge is -2.34. The van der Waals surface area contributed by atoms with Gasteiger partial charge < -0.3 is 15.0 Å². The van der Waals surface area contributed by atoms with Gasteiger partial charge in [0.15, 0.2) is 0 Å². The van der Waals surface area contributed by atoms with Crippen LogP contribution in [0.25, 0.3) is 0 Å². The molecule has 5 heteroatoms. The van der Waals surface area contributed by atoms with Crippen molar-refractivity contribution >= 4 is 17.9 Å². The molecule has 1 aliphatic carbocycles. The standard InChI is InChI=1S/C18H34N2O2S/c1-13(23-5)12-19-15-9-6-8-14(15)16-10-7-11-20(16)17(21)22-18(2,3)4/h13-16,19H,6-12H2,1-5H3. The van der Waals surface area contributed by atoms with Crippen molar-refractivity contribution in [1.82, 2.24) is 10.2 Å². The molecule has 4 atom stereocenters. The fraction of sp³-hybridized carbons (Fsp3) is 0.944. The predicted molar refractivity (Wildman–Crippen MR) is 98.1 cm³/mol. The van der Waals surface area contributed by atoms with Crippen molar-refractivity contribution in [1.29, 1.82) is 0 Å². The topological polar surface area (TPSA) is 41.6 Å². The lowest BCUT2D eigenvalue weighted by molar-refractivity contribution is 0.0167. The molecule has 0 spiro atoms. The number of ether oxygens (including phenoxy) is 1. The predicted octanol–water partition coefficient (Wildman–Crippen LogP) is 3.90. The van der Waals surface area contributed by atoms with E-state index in [0.717, 1.165) is 25.9 Å². The Morgan fingerprint density at radius 2 is 2.04 bits per heavy atom. The normalized spacial score (nSPS) is 29.8. The van der Waals surface area contributed by atoms with Crippen molar-refractivity contribution < 1.29 is 9.53 Å². The van der Waals surface area contributed by atoms with Crippen LogP contribution in [0.2, 0.25) is 0 Å². The van der Waals surface area contributed by atoms with Crippen LogP contribution < -0.4 is 5.32 Å². The van der Waals surface area contributed by atoms with E-state index in [-0.39, 0.29) is 6.09 Å². The third-order valence-electron chi connectivity index (χ3n) is 5.06. The fourth-order valence-electron chi connectivity index (χ4n) is 3.89. The highest BCUT2D eigenvalue weighted by molar-refractivity contribution is 7.99. The monoisotopic (exact) mass is 342 g/mol. The number of nitrogens with zero attached hydrogens (tertiary/aromatic N) is 1. The van der Waals surface area contributed by atoms with Gasteiger partial charge in [-0.25, -0.2) is 4.79 Å². The number of nitrogens with one attached hydrogen (secondary N) is 1. The number of hydrogen-bond donors (Lipinski definition) is 1. The lowest BCUT2D eigenvalue weighted by atomic mass is 9.92. The third kappa shape index (κ3) is 5.28. The maximum absolute atomic E-state index is 12.5. The van der Waals surface area contributed by atoms with Crippen molar-refractivity contribution in [3.63, 3.8) is 0 Å². The van der Waals surface area contributed by atoms with E-state index in [0.29, 0.717) is 23.3 Å². The van der Waals surface area contributed by atoms with Crippen LogP contribution in [0.4, 0.5) is 4.79 Å². The number of amides is 1. The molecule has 0 aromatic heterocycles. The number of carbonyl (C=O) groups is 1. The summed E-state index contributed by atoms with van der Waals surface area (Å²) in [5, 5.41) is 4.41. The maximum atomic E-state index is 12.5. The summed E-state index contributed by atoms with van der Waals surface area (Å²) in [6.07, 6.45) is 8.02. The van der Waals surface area contributed by atoms with Gasteiger partial charge in [0.1, 0.15) is 5.60 Å². The first-order valence-corrected chi connectivity index (χ1v) is 10.4. The lowest BCUT2D eigenvalue weighted by Crippen LogP contribution is -2.48. The molecule has 1 saturated heterocycles. The third-order valence-corrected chi connectivity index (χ3v) is 6.03. The Bertz CT molecular complexity index is 397. The molecule has 0 radical (unpaired) electrons. The highest BCUT2D eigenvalue weighted by Crippen LogP contribution is 2.36. The van der Waals surface area contributed by atoms with Crippen LogP contribution in [0.3, 0.4) is 0 Å². The molecular formula is C18H34N2O2S. The highest BCUT2D eigenvalue weighted by Gasteiger charge is 2.41. The van der Waals surface area contributed by atoms with E-state index >= 15 is 0 Å². The van der Waals surface area contributed by atoms with E-state index in [1.54, 1.807) is 0 Å². The van der Waals surface area contributed by atoms with Crippen LogP contribution in [0.15, 0.2) is 0 Å². The van der Waals surface area contributed by atoms with Crippen molar-refractivity contribution in [3.8, 4) is 0 Å². The zero-order chi connectivity index (χ0) is 17.0. The summed E-state index contributed by atoms with van der Waals surface area (Å²) in [5.41, 5.74) is -0.411. The van der Waals surface area contributed by atoms with E-state index in [1.165, 1.54) is 19.3 Å². The Labute approximate surface area is 146 Å². The first-order valence-electron chi connectivity index (χ1n) is 9.07. The largest absolute Gasteiger partial charge is 0.444 e. The second-order valence-corrected chi connectivity index (χ2v) is 9.32. The summed E-state index contributed by atoms with van der Waals surface area (Å²) in [6, 6.07) is 0.909. The quantitative estimate of drug-likeness (QED) is 0.823. The van der Waals surface area contributed by atoms with E-state index in [4.69, 9.17) is 4.74 Å². The minimum Gasteiger partial charge on any atom is -0.444 e. The molecule has 2 aliphatic rings. The van der Waals surface area contributed by atoms with Gasteiger partial charge in [-0.15, -0.1) is 0 Å². The molecule has 2 rings (SSSR count). The molecule has 0 aromatic rings. The SMILES string of the molecule is CSC(C)CNC1CCCC1C1CCCN1C(=O)OC(C)(C)C. The van der Waals surface area contributed by atoms with Gasteiger partial charge in [-0.1, -0.05) is 13.3 Å². The number of thioether (sulfide) groups is 1. The highest BCUT2D eigenvalue weighted by atomic mass is 32.2. The Hall–Kier alpha value is -0.420. The van der Waals surface area contributed by atoms with Gasteiger partial charge in [0.25, 0.3) is 0 Å². The summed E-state index contributed by atoms with van der Waals surface area (Å²) in [6.45, 7) is 10.0. The molecule has 1 aliphatic heterocycles. The van der Waals surface area contributed by atoms with Gasteiger partial charge in [0.05, 0.1) is 0 Å². The summed E-state index contributed by atoms with van der Waals surface area (Å²) in [4.78, 5) is 14.5. The summed E-state index contributed by atoms with van der Waals surface area (Å²) in [5.74, 6) is 0.582. The van der Waals surface area contributed by atoms with Gasteiger partial charge in [0, 0.05) is 30.4 Å². The molecule has 1 heterocycles. The molecule has 1 saturated carbocycles. The molecule has 2 fully saturated rings. The minimum atomic E-state index is -0.411. The van der Waals surface area contributed by atoms with Gasteiger partial charge in [-0.3, -0.25) is 0 Å². The number of rotatable bonds is 5. The number of likely N-dealkylation sites (tertiary alicyclic amines) is 1. The van der Waals surface area contributed by atoms with Gasteiger partial charge in [-0.2, -0.15) is 11.8 Å². The Morgan fingerprint density at radius 3 is 2.70 bits per heavy atom. The zero-order valence-electron chi connectivity index (χ0n) is 15.4. The summed E-state index contributed by atoms with van der Waals surface area (Å²) < 4.78 is 5.63. The van der Waals surface area contributed by atoms with Gasteiger partial charge >= 0.3 is 6.09 Å². The van der Waals surface area contributed by atoms with Crippen molar-refractivity contribution in [2.75, 3.05) is 19.3 Å².